The van der Waals surface area contributed by atoms with E-state index in [0.717, 1.165) is 0 Å². The van der Waals surface area contributed by atoms with Crippen molar-refractivity contribution in [1.82, 2.24) is 15.1 Å². The molecule has 1 fully saturated rings. The SMILES string of the molecule is CN1C=NC(C(=O)N(Cc2cccc(OC(F)(F)F)c2)[C@H]2CC[C@@H](NCC(F)(F)F)CC2)C1. The Morgan fingerprint density at radius 3 is 2.45 bits per heavy atom. The second-order valence-corrected chi connectivity index (χ2v) is 8.38. The van der Waals surface area contributed by atoms with Crippen LogP contribution in [0, 0.1) is 0 Å². The molecule has 6 nitrogen and oxygen atoms in total. The van der Waals surface area contributed by atoms with E-state index in [2.05, 4.69) is 15.0 Å². The second-order valence-electron chi connectivity index (χ2n) is 8.38. The number of hydrogen-bond donors (Lipinski definition) is 1. The van der Waals surface area contributed by atoms with Crippen LogP contribution in [0.15, 0.2) is 29.3 Å². The molecular weight excluding hydrogens is 454 g/mol. The van der Waals surface area contributed by atoms with Crippen LogP contribution in [0.1, 0.15) is 31.2 Å². The highest BCUT2D eigenvalue weighted by Crippen LogP contribution is 2.29. The number of amides is 1. The fraction of sp³-hybridized carbons (Fsp3) is 0.619. The summed E-state index contributed by atoms with van der Waals surface area (Å²) in [6.07, 6.45) is -5.71. The Kier molecular flexibility index (Phi) is 7.76. The average Bonchev–Trinajstić information content (AvgIpc) is 3.15. The summed E-state index contributed by atoms with van der Waals surface area (Å²) in [6.45, 7) is -0.635. The molecule has 12 heteroatoms. The van der Waals surface area contributed by atoms with Crippen molar-refractivity contribution in [2.24, 2.45) is 4.99 Å². The van der Waals surface area contributed by atoms with Crippen LogP contribution >= 0.6 is 0 Å². The van der Waals surface area contributed by atoms with Gasteiger partial charge in [-0.2, -0.15) is 13.2 Å². The van der Waals surface area contributed by atoms with Crippen molar-refractivity contribution >= 4 is 12.2 Å². The Morgan fingerprint density at radius 2 is 1.88 bits per heavy atom. The molecule has 3 rings (SSSR count). The van der Waals surface area contributed by atoms with Crippen LogP contribution in [0.5, 0.6) is 5.75 Å². The highest BCUT2D eigenvalue weighted by atomic mass is 19.4. The van der Waals surface area contributed by atoms with E-state index in [1.165, 1.54) is 18.2 Å². The molecule has 1 amide bonds. The molecular formula is C21H26F6N4O2. The highest BCUT2D eigenvalue weighted by Gasteiger charge is 2.36. The Balaban J connectivity index is 1.71. The molecule has 1 saturated carbocycles. The van der Waals surface area contributed by atoms with Gasteiger partial charge in [-0.05, 0) is 43.4 Å². The maximum atomic E-state index is 13.3. The number of benzene rings is 1. The average molecular weight is 480 g/mol. The van der Waals surface area contributed by atoms with Gasteiger partial charge in [0.1, 0.15) is 11.8 Å². The molecule has 0 bridgehead atoms. The van der Waals surface area contributed by atoms with Crippen molar-refractivity contribution in [3.05, 3.63) is 29.8 Å². The van der Waals surface area contributed by atoms with E-state index < -0.39 is 25.1 Å². The van der Waals surface area contributed by atoms with Gasteiger partial charge >= 0.3 is 12.5 Å². The number of nitrogens with zero attached hydrogens (tertiary/aromatic N) is 3. The molecule has 0 aromatic heterocycles. The van der Waals surface area contributed by atoms with Gasteiger partial charge in [0.25, 0.3) is 0 Å². The molecule has 0 saturated heterocycles. The van der Waals surface area contributed by atoms with Crippen molar-refractivity contribution in [2.45, 2.75) is 62.9 Å². The zero-order valence-electron chi connectivity index (χ0n) is 18.0. The number of rotatable bonds is 7. The number of likely N-dealkylation sites (N-methyl/N-ethyl adjacent to an activating group) is 1. The third-order valence-electron chi connectivity index (χ3n) is 5.69. The monoisotopic (exact) mass is 480 g/mol. The van der Waals surface area contributed by atoms with Crippen LogP contribution in [0.3, 0.4) is 0 Å². The number of alkyl halides is 6. The summed E-state index contributed by atoms with van der Waals surface area (Å²) in [4.78, 5) is 20.8. The van der Waals surface area contributed by atoms with Gasteiger partial charge in [-0.25, -0.2) is 0 Å². The van der Waals surface area contributed by atoms with E-state index in [9.17, 15) is 31.1 Å². The number of ether oxygens (including phenoxy) is 1. The van der Waals surface area contributed by atoms with Gasteiger partial charge in [0.05, 0.1) is 12.9 Å². The third-order valence-corrected chi connectivity index (χ3v) is 5.69. The summed E-state index contributed by atoms with van der Waals surface area (Å²) in [6, 6.07) is 4.23. The minimum atomic E-state index is -4.83. The lowest BCUT2D eigenvalue weighted by Gasteiger charge is -2.38. The summed E-state index contributed by atoms with van der Waals surface area (Å²) in [5.74, 6) is -0.643. The van der Waals surface area contributed by atoms with Crippen LogP contribution in [0.2, 0.25) is 0 Å². The van der Waals surface area contributed by atoms with Crippen LogP contribution < -0.4 is 10.1 Å². The summed E-state index contributed by atoms with van der Waals surface area (Å²) in [7, 11) is 1.77. The normalized spacial score (nSPS) is 23.6. The summed E-state index contributed by atoms with van der Waals surface area (Å²) >= 11 is 0. The van der Waals surface area contributed by atoms with Gasteiger partial charge in [-0.1, -0.05) is 12.1 Å². The molecule has 1 aromatic carbocycles. The number of nitrogens with one attached hydrogen (secondary N) is 1. The van der Waals surface area contributed by atoms with E-state index in [-0.39, 0.29) is 30.3 Å². The summed E-state index contributed by atoms with van der Waals surface area (Å²) in [5, 5.41) is 2.51. The number of aliphatic imine (C=N–C) groups is 1. The Labute approximate surface area is 187 Å². The molecule has 33 heavy (non-hydrogen) atoms. The molecule has 184 valence electrons. The number of hydrogen-bond acceptors (Lipinski definition) is 5. The van der Waals surface area contributed by atoms with Crippen molar-refractivity contribution in [1.29, 1.82) is 0 Å². The van der Waals surface area contributed by atoms with Gasteiger partial charge in [0.2, 0.25) is 5.91 Å². The Hall–Kier alpha value is -2.50. The first kappa shape index (κ1) is 25.1. The van der Waals surface area contributed by atoms with Crippen molar-refractivity contribution in [2.75, 3.05) is 20.1 Å². The zero-order chi connectivity index (χ0) is 24.2. The molecule has 1 unspecified atom stereocenters. The lowest BCUT2D eigenvalue weighted by molar-refractivity contribution is -0.274. The highest BCUT2D eigenvalue weighted by molar-refractivity contribution is 5.85. The van der Waals surface area contributed by atoms with Gasteiger partial charge < -0.3 is 19.9 Å². The molecule has 0 spiro atoms. The van der Waals surface area contributed by atoms with E-state index in [1.54, 1.807) is 29.3 Å². The molecule has 1 atom stereocenters. The van der Waals surface area contributed by atoms with Crippen LogP contribution in [0.25, 0.3) is 0 Å². The molecule has 1 N–H and O–H groups in total. The lowest BCUT2D eigenvalue weighted by atomic mass is 9.89. The minimum absolute atomic E-state index is 0.0505. The summed E-state index contributed by atoms with van der Waals surface area (Å²) in [5.41, 5.74) is 0.456. The van der Waals surface area contributed by atoms with Crippen LogP contribution in [-0.2, 0) is 11.3 Å². The summed E-state index contributed by atoms with van der Waals surface area (Å²) < 4.78 is 79.2. The third kappa shape index (κ3) is 7.79. The first-order valence-corrected chi connectivity index (χ1v) is 10.6. The largest absolute Gasteiger partial charge is 0.573 e. The fourth-order valence-electron chi connectivity index (χ4n) is 4.17. The maximum Gasteiger partial charge on any atom is 0.573 e. The predicted octanol–water partition coefficient (Wildman–Crippen LogP) is 3.72. The van der Waals surface area contributed by atoms with E-state index in [4.69, 9.17) is 0 Å². The smallest absolute Gasteiger partial charge is 0.406 e. The molecule has 1 aliphatic heterocycles. The first-order chi connectivity index (χ1) is 15.4. The van der Waals surface area contributed by atoms with Gasteiger partial charge in [0.15, 0.2) is 0 Å². The quantitative estimate of drug-likeness (QED) is 0.605. The zero-order valence-corrected chi connectivity index (χ0v) is 18.0. The van der Waals surface area contributed by atoms with E-state index in [0.29, 0.717) is 37.8 Å². The lowest BCUT2D eigenvalue weighted by Crippen LogP contribution is -2.49. The minimum Gasteiger partial charge on any atom is -0.406 e. The first-order valence-electron chi connectivity index (χ1n) is 10.6. The van der Waals surface area contributed by atoms with Crippen LogP contribution in [0.4, 0.5) is 26.3 Å². The van der Waals surface area contributed by atoms with E-state index >= 15 is 0 Å². The standard InChI is InChI=1S/C21H26F6N4O2/c1-30-11-18(29-13-30)19(32)31(10-14-3-2-4-17(9-14)33-21(25,26)27)16-7-5-15(6-8-16)28-12-20(22,23)24/h2-4,9,13,15-16,18,28H,5-8,10-12H2,1H3/t15-,16+,18?. The van der Waals surface area contributed by atoms with E-state index in [1.807, 2.05) is 0 Å². The predicted molar refractivity (Wildman–Crippen MR) is 109 cm³/mol. The molecule has 2 aliphatic rings. The number of carbonyl (C=O) groups is 1. The van der Waals surface area contributed by atoms with Crippen molar-refractivity contribution in [3.63, 3.8) is 0 Å². The molecule has 1 aromatic rings. The van der Waals surface area contributed by atoms with Crippen molar-refractivity contribution in [3.8, 4) is 5.75 Å². The fourth-order valence-corrected chi connectivity index (χ4v) is 4.17. The van der Waals surface area contributed by atoms with Crippen molar-refractivity contribution < 1.29 is 35.9 Å². The van der Waals surface area contributed by atoms with Crippen LogP contribution in [-0.4, -0.2) is 72.8 Å². The maximum absolute atomic E-state index is 13.3. The Morgan fingerprint density at radius 1 is 1.18 bits per heavy atom. The topological polar surface area (TPSA) is 57.2 Å². The van der Waals surface area contributed by atoms with Gasteiger partial charge in [0, 0.05) is 32.2 Å². The molecule has 1 heterocycles. The number of halogens is 6. The number of carbonyl (C=O) groups excluding carboxylic acids is 1. The Bertz CT molecular complexity index is 837. The van der Waals surface area contributed by atoms with Gasteiger partial charge in [-0.3, -0.25) is 9.79 Å². The molecule has 1 aliphatic carbocycles. The second kappa shape index (κ2) is 10.2. The van der Waals surface area contributed by atoms with Gasteiger partial charge in [-0.15, -0.1) is 13.2 Å². The molecule has 0 radical (unpaired) electrons.